The fraction of sp³-hybridized carbons (Fsp3) is 0.158. The SMILES string of the molecule is Cc1nc2c3ccccc3nc(SC(C)C(=O)Nc3ccccc3[N+](=O)[O-])n2n1. The highest BCUT2D eigenvalue weighted by atomic mass is 32.2. The number of aromatic nitrogens is 4. The van der Waals surface area contributed by atoms with E-state index in [1.54, 1.807) is 30.5 Å². The number of nitrogens with zero attached hydrogens (tertiary/aromatic N) is 5. The summed E-state index contributed by atoms with van der Waals surface area (Å²) in [6, 6.07) is 13.6. The van der Waals surface area contributed by atoms with Gasteiger partial charge in [0.05, 0.1) is 15.7 Å². The molecule has 0 fully saturated rings. The predicted octanol–water partition coefficient (Wildman–Crippen LogP) is 3.61. The van der Waals surface area contributed by atoms with Crippen LogP contribution in [0.5, 0.6) is 0 Å². The fourth-order valence-electron chi connectivity index (χ4n) is 2.89. The number of fused-ring (bicyclic) bond motifs is 3. The maximum absolute atomic E-state index is 12.7. The van der Waals surface area contributed by atoms with E-state index in [-0.39, 0.29) is 17.3 Å². The summed E-state index contributed by atoms with van der Waals surface area (Å²) in [6.45, 7) is 3.50. The van der Waals surface area contributed by atoms with Crippen molar-refractivity contribution in [2.24, 2.45) is 0 Å². The van der Waals surface area contributed by atoms with Gasteiger partial charge < -0.3 is 5.32 Å². The number of para-hydroxylation sites is 3. The Bertz CT molecular complexity index is 1260. The molecule has 2 aromatic heterocycles. The quantitative estimate of drug-likeness (QED) is 0.232. The second-order valence-electron chi connectivity index (χ2n) is 6.33. The van der Waals surface area contributed by atoms with Crippen LogP contribution in [0.4, 0.5) is 11.4 Å². The molecule has 1 atom stereocenters. The van der Waals surface area contributed by atoms with Gasteiger partial charge in [-0.05, 0) is 32.0 Å². The molecule has 2 aromatic carbocycles. The maximum Gasteiger partial charge on any atom is 0.292 e. The third kappa shape index (κ3) is 3.61. The average molecular weight is 408 g/mol. The number of nitro benzene ring substituents is 1. The molecule has 0 saturated carbocycles. The van der Waals surface area contributed by atoms with Gasteiger partial charge in [0.15, 0.2) is 10.8 Å². The van der Waals surface area contributed by atoms with Crippen LogP contribution in [-0.4, -0.2) is 35.7 Å². The summed E-state index contributed by atoms with van der Waals surface area (Å²) in [5.74, 6) is 0.228. The standard InChI is InChI=1S/C19H16N6O3S/c1-11(18(26)21-15-9-5-6-10-16(15)25(27)28)29-19-22-14-8-4-3-7-13(14)17-20-12(2)23-24(17)19/h3-11H,1-2H3,(H,21,26). The van der Waals surface area contributed by atoms with Crippen LogP contribution in [0.3, 0.4) is 0 Å². The van der Waals surface area contributed by atoms with Gasteiger partial charge in [-0.15, -0.1) is 5.10 Å². The van der Waals surface area contributed by atoms with Crippen LogP contribution in [0, 0.1) is 17.0 Å². The van der Waals surface area contributed by atoms with Gasteiger partial charge in [-0.2, -0.15) is 4.52 Å². The summed E-state index contributed by atoms with van der Waals surface area (Å²) >= 11 is 1.21. The van der Waals surface area contributed by atoms with E-state index in [0.29, 0.717) is 16.6 Å². The Morgan fingerprint density at radius 3 is 2.69 bits per heavy atom. The molecule has 0 aliphatic heterocycles. The second kappa shape index (κ2) is 7.47. The van der Waals surface area contributed by atoms with Crippen molar-refractivity contribution in [1.82, 2.24) is 19.6 Å². The lowest BCUT2D eigenvalue weighted by Gasteiger charge is -2.13. The van der Waals surface area contributed by atoms with E-state index in [2.05, 4.69) is 20.4 Å². The van der Waals surface area contributed by atoms with E-state index in [0.717, 1.165) is 10.9 Å². The van der Waals surface area contributed by atoms with Crippen LogP contribution in [0.1, 0.15) is 12.7 Å². The molecule has 9 nitrogen and oxygen atoms in total. The fourth-order valence-corrected chi connectivity index (χ4v) is 3.75. The van der Waals surface area contributed by atoms with E-state index in [9.17, 15) is 14.9 Å². The van der Waals surface area contributed by atoms with Crippen molar-refractivity contribution in [2.75, 3.05) is 5.32 Å². The molecular formula is C19H16N6O3S. The predicted molar refractivity (Wildman–Crippen MR) is 110 cm³/mol. The van der Waals surface area contributed by atoms with Gasteiger partial charge in [0.2, 0.25) is 5.91 Å². The molecule has 0 radical (unpaired) electrons. The molecule has 2 heterocycles. The first-order valence-corrected chi connectivity index (χ1v) is 9.65. The summed E-state index contributed by atoms with van der Waals surface area (Å²) in [7, 11) is 0. The van der Waals surface area contributed by atoms with Crippen molar-refractivity contribution in [3.63, 3.8) is 0 Å². The maximum atomic E-state index is 12.7. The molecule has 4 rings (SSSR count). The Labute approximate surface area is 169 Å². The van der Waals surface area contributed by atoms with Gasteiger partial charge in [-0.3, -0.25) is 14.9 Å². The van der Waals surface area contributed by atoms with Crippen molar-refractivity contribution in [1.29, 1.82) is 0 Å². The summed E-state index contributed by atoms with van der Waals surface area (Å²) in [6.07, 6.45) is 0. The number of carbonyl (C=O) groups excluding carboxylic acids is 1. The minimum atomic E-state index is -0.573. The number of nitro groups is 1. The Kier molecular flexibility index (Phi) is 4.85. The molecule has 29 heavy (non-hydrogen) atoms. The number of rotatable bonds is 5. The first kappa shape index (κ1) is 18.8. The number of nitrogens with one attached hydrogen (secondary N) is 1. The highest BCUT2D eigenvalue weighted by molar-refractivity contribution is 8.00. The van der Waals surface area contributed by atoms with E-state index in [4.69, 9.17) is 0 Å². The number of amides is 1. The minimum Gasteiger partial charge on any atom is -0.319 e. The van der Waals surface area contributed by atoms with E-state index >= 15 is 0 Å². The van der Waals surface area contributed by atoms with Crippen LogP contribution in [0.25, 0.3) is 16.6 Å². The molecule has 10 heteroatoms. The molecule has 0 bridgehead atoms. The zero-order valence-corrected chi connectivity index (χ0v) is 16.4. The molecule has 0 saturated heterocycles. The Hall–Kier alpha value is -3.53. The normalized spacial score (nSPS) is 12.2. The number of thioether (sulfide) groups is 1. The first-order chi connectivity index (χ1) is 13.9. The molecule has 1 unspecified atom stereocenters. The molecule has 0 aliphatic rings. The summed E-state index contributed by atoms with van der Waals surface area (Å²) < 4.78 is 1.62. The molecule has 146 valence electrons. The van der Waals surface area contributed by atoms with Gasteiger partial charge in [-0.1, -0.05) is 36.0 Å². The number of hydrogen-bond acceptors (Lipinski definition) is 7. The molecule has 0 spiro atoms. The Morgan fingerprint density at radius 2 is 1.90 bits per heavy atom. The van der Waals surface area contributed by atoms with Crippen molar-refractivity contribution in [3.05, 3.63) is 64.5 Å². The van der Waals surface area contributed by atoms with Crippen molar-refractivity contribution >= 4 is 45.6 Å². The Balaban J connectivity index is 1.64. The Morgan fingerprint density at radius 1 is 1.17 bits per heavy atom. The number of anilines is 1. The highest BCUT2D eigenvalue weighted by Gasteiger charge is 2.22. The summed E-state index contributed by atoms with van der Waals surface area (Å²) in [5, 5.41) is 19.0. The smallest absolute Gasteiger partial charge is 0.292 e. The molecule has 0 aliphatic carbocycles. The van der Waals surface area contributed by atoms with Crippen LogP contribution < -0.4 is 5.32 Å². The number of benzene rings is 2. The van der Waals surface area contributed by atoms with Crippen LogP contribution >= 0.6 is 11.8 Å². The van der Waals surface area contributed by atoms with Crippen LogP contribution in [-0.2, 0) is 4.79 Å². The largest absolute Gasteiger partial charge is 0.319 e. The molecular weight excluding hydrogens is 392 g/mol. The number of aryl methyl sites for hydroxylation is 1. The van der Waals surface area contributed by atoms with Crippen molar-refractivity contribution < 1.29 is 9.72 Å². The van der Waals surface area contributed by atoms with Gasteiger partial charge in [-0.25, -0.2) is 9.97 Å². The molecule has 1 amide bonds. The van der Waals surface area contributed by atoms with E-state index in [1.807, 2.05) is 24.3 Å². The lowest BCUT2D eigenvalue weighted by molar-refractivity contribution is -0.383. The van der Waals surface area contributed by atoms with Gasteiger partial charge >= 0.3 is 0 Å². The minimum absolute atomic E-state index is 0.156. The summed E-state index contributed by atoms with van der Waals surface area (Å²) in [4.78, 5) is 32.4. The number of carbonyl (C=O) groups is 1. The monoisotopic (exact) mass is 408 g/mol. The summed E-state index contributed by atoms with van der Waals surface area (Å²) in [5.41, 5.74) is 1.42. The zero-order valence-electron chi connectivity index (χ0n) is 15.6. The second-order valence-corrected chi connectivity index (χ2v) is 7.64. The lowest BCUT2D eigenvalue weighted by Crippen LogP contribution is -2.23. The lowest BCUT2D eigenvalue weighted by atomic mass is 10.2. The third-order valence-electron chi connectivity index (χ3n) is 4.27. The molecule has 1 N–H and O–H groups in total. The topological polar surface area (TPSA) is 115 Å². The average Bonchev–Trinajstić information content (AvgIpc) is 3.10. The van der Waals surface area contributed by atoms with Crippen molar-refractivity contribution in [2.45, 2.75) is 24.3 Å². The van der Waals surface area contributed by atoms with Gasteiger partial charge in [0.1, 0.15) is 11.5 Å². The van der Waals surface area contributed by atoms with Crippen molar-refractivity contribution in [3.8, 4) is 0 Å². The number of hydrogen-bond donors (Lipinski definition) is 1. The van der Waals surface area contributed by atoms with Crippen LogP contribution in [0.2, 0.25) is 0 Å². The third-order valence-corrected chi connectivity index (χ3v) is 5.31. The van der Waals surface area contributed by atoms with Gasteiger partial charge in [0.25, 0.3) is 5.69 Å². The van der Waals surface area contributed by atoms with Crippen LogP contribution in [0.15, 0.2) is 53.7 Å². The first-order valence-electron chi connectivity index (χ1n) is 8.77. The van der Waals surface area contributed by atoms with E-state index < -0.39 is 10.2 Å². The van der Waals surface area contributed by atoms with Gasteiger partial charge in [0, 0.05) is 11.5 Å². The molecule has 4 aromatic rings. The van der Waals surface area contributed by atoms with E-state index in [1.165, 1.54) is 23.9 Å². The highest BCUT2D eigenvalue weighted by Crippen LogP contribution is 2.28. The zero-order chi connectivity index (χ0) is 20.5.